The molecule has 2 aromatic rings. The predicted octanol–water partition coefficient (Wildman–Crippen LogP) is 4.64. The molecule has 0 aromatic heterocycles. The number of nitro benzene ring substituents is 1. The number of nitro groups is 1. The van der Waals surface area contributed by atoms with Gasteiger partial charge in [0, 0.05) is 11.8 Å². The van der Waals surface area contributed by atoms with Gasteiger partial charge in [-0.3, -0.25) is 10.1 Å². The SMILES string of the molecule is Cc1ccc(C)c(NC(=S)Nc2cc(C)c(C)cc2[N+](=O)[O-])c1. The van der Waals surface area contributed by atoms with E-state index in [0.717, 1.165) is 27.9 Å². The van der Waals surface area contributed by atoms with E-state index in [2.05, 4.69) is 10.6 Å². The van der Waals surface area contributed by atoms with Crippen molar-refractivity contribution >= 4 is 34.4 Å². The molecule has 0 atom stereocenters. The maximum absolute atomic E-state index is 11.2. The summed E-state index contributed by atoms with van der Waals surface area (Å²) in [5, 5.41) is 17.6. The molecule has 0 fully saturated rings. The standard InChI is InChI=1S/C17H19N3O2S/c1-10-5-6-11(2)14(7-10)18-17(23)19-15-8-12(3)13(4)9-16(15)20(21)22/h5-9H,1-4H3,(H2,18,19,23). The van der Waals surface area contributed by atoms with Gasteiger partial charge in [-0.15, -0.1) is 0 Å². The van der Waals surface area contributed by atoms with Crippen molar-refractivity contribution in [1.82, 2.24) is 0 Å². The molecule has 2 N–H and O–H groups in total. The molecule has 0 bridgehead atoms. The zero-order valence-corrected chi connectivity index (χ0v) is 14.4. The minimum atomic E-state index is -0.407. The van der Waals surface area contributed by atoms with E-state index < -0.39 is 4.92 Å². The van der Waals surface area contributed by atoms with E-state index >= 15 is 0 Å². The molecule has 120 valence electrons. The Labute approximate surface area is 140 Å². The summed E-state index contributed by atoms with van der Waals surface area (Å²) in [7, 11) is 0. The summed E-state index contributed by atoms with van der Waals surface area (Å²) in [6.07, 6.45) is 0. The highest BCUT2D eigenvalue weighted by Gasteiger charge is 2.16. The summed E-state index contributed by atoms with van der Waals surface area (Å²) < 4.78 is 0. The van der Waals surface area contributed by atoms with E-state index in [-0.39, 0.29) is 5.69 Å². The molecule has 0 aliphatic carbocycles. The maximum Gasteiger partial charge on any atom is 0.293 e. The summed E-state index contributed by atoms with van der Waals surface area (Å²) in [5.74, 6) is 0. The number of nitrogens with zero attached hydrogens (tertiary/aromatic N) is 1. The third-order valence-electron chi connectivity index (χ3n) is 3.70. The highest BCUT2D eigenvalue weighted by atomic mass is 32.1. The Bertz CT molecular complexity index is 788. The molecule has 6 heteroatoms. The van der Waals surface area contributed by atoms with Crippen LogP contribution in [-0.2, 0) is 0 Å². The fourth-order valence-electron chi connectivity index (χ4n) is 2.20. The second-order valence-electron chi connectivity index (χ2n) is 5.61. The Balaban J connectivity index is 2.25. The van der Waals surface area contributed by atoms with E-state index in [1.807, 2.05) is 45.9 Å². The molecule has 0 saturated carbocycles. The second-order valence-corrected chi connectivity index (χ2v) is 6.02. The number of anilines is 2. The van der Waals surface area contributed by atoms with Crippen molar-refractivity contribution < 1.29 is 4.92 Å². The van der Waals surface area contributed by atoms with E-state index in [1.54, 1.807) is 12.1 Å². The Kier molecular flexibility index (Phi) is 4.95. The monoisotopic (exact) mass is 329 g/mol. The molecule has 0 spiro atoms. The van der Waals surface area contributed by atoms with Crippen LogP contribution in [0.25, 0.3) is 0 Å². The third kappa shape index (κ3) is 4.04. The van der Waals surface area contributed by atoms with Crippen molar-refractivity contribution in [1.29, 1.82) is 0 Å². The highest BCUT2D eigenvalue weighted by Crippen LogP contribution is 2.28. The van der Waals surface area contributed by atoms with Crippen LogP contribution in [0.3, 0.4) is 0 Å². The first-order valence-electron chi connectivity index (χ1n) is 7.19. The summed E-state index contributed by atoms with van der Waals surface area (Å²) in [4.78, 5) is 10.8. The smallest absolute Gasteiger partial charge is 0.293 e. The molecular weight excluding hydrogens is 310 g/mol. The van der Waals surface area contributed by atoms with Gasteiger partial charge in [0.05, 0.1) is 4.92 Å². The van der Waals surface area contributed by atoms with Gasteiger partial charge in [-0.05, 0) is 74.3 Å². The molecule has 5 nitrogen and oxygen atoms in total. The number of benzene rings is 2. The summed E-state index contributed by atoms with van der Waals surface area (Å²) in [6.45, 7) is 7.72. The van der Waals surface area contributed by atoms with Crippen LogP contribution in [0.1, 0.15) is 22.3 Å². The van der Waals surface area contributed by atoms with Crippen molar-refractivity contribution in [2.45, 2.75) is 27.7 Å². The fourth-order valence-corrected chi connectivity index (χ4v) is 2.42. The van der Waals surface area contributed by atoms with Crippen molar-refractivity contribution in [3.8, 4) is 0 Å². The van der Waals surface area contributed by atoms with Gasteiger partial charge in [0.25, 0.3) is 5.69 Å². The molecule has 0 unspecified atom stereocenters. The predicted molar refractivity (Wildman–Crippen MR) is 98.3 cm³/mol. The van der Waals surface area contributed by atoms with Crippen LogP contribution in [0.15, 0.2) is 30.3 Å². The molecule has 0 amide bonds. The number of rotatable bonds is 3. The first kappa shape index (κ1) is 16.9. The zero-order valence-electron chi connectivity index (χ0n) is 13.6. The topological polar surface area (TPSA) is 67.2 Å². The summed E-state index contributed by atoms with van der Waals surface area (Å²) >= 11 is 5.30. The quantitative estimate of drug-likeness (QED) is 0.488. The Hall–Kier alpha value is -2.47. The summed E-state index contributed by atoms with van der Waals surface area (Å²) in [6, 6.07) is 9.30. The van der Waals surface area contributed by atoms with Gasteiger partial charge in [-0.1, -0.05) is 12.1 Å². The van der Waals surface area contributed by atoms with Crippen LogP contribution in [0.4, 0.5) is 17.1 Å². The zero-order chi connectivity index (χ0) is 17.1. The Morgan fingerprint density at radius 1 is 0.957 bits per heavy atom. The first-order valence-corrected chi connectivity index (χ1v) is 7.59. The lowest BCUT2D eigenvalue weighted by Gasteiger charge is -2.14. The molecule has 0 aliphatic rings. The second kappa shape index (κ2) is 6.75. The number of nitrogens with one attached hydrogen (secondary N) is 2. The number of hydrogen-bond donors (Lipinski definition) is 2. The Morgan fingerprint density at radius 3 is 2.22 bits per heavy atom. The average molecular weight is 329 g/mol. The normalized spacial score (nSPS) is 10.3. The average Bonchev–Trinajstić information content (AvgIpc) is 2.46. The minimum Gasteiger partial charge on any atom is -0.332 e. The van der Waals surface area contributed by atoms with Gasteiger partial charge in [-0.25, -0.2) is 0 Å². The molecule has 0 heterocycles. The van der Waals surface area contributed by atoms with Crippen LogP contribution >= 0.6 is 12.2 Å². The number of thiocarbonyl (C=S) groups is 1. The molecule has 0 radical (unpaired) electrons. The van der Waals surface area contributed by atoms with Crippen LogP contribution in [0.5, 0.6) is 0 Å². The largest absolute Gasteiger partial charge is 0.332 e. The number of hydrogen-bond acceptors (Lipinski definition) is 3. The van der Waals surface area contributed by atoms with E-state index in [0.29, 0.717) is 10.8 Å². The van der Waals surface area contributed by atoms with Gasteiger partial charge < -0.3 is 10.6 Å². The van der Waals surface area contributed by atoms with Gasteiger partial charge in [-0.2, -0.15) is 0 Å². The third-order valence-corrected chi connectivity index (χ3v) is 3.90. The molecular formula is C17H19N3O2S. The Morgan fingerprint density at radius 2 is 1.57 bits per heavy atom. The maximum atomic E-state index is 11.2. The molecule has 23 heavy (non-hydrogen) atoms. The van der Waals surface area contributed by atoms with Crippen molar-refractivity contribution in [2.75, 3.05) is 10.6 Å². The van der Waals surface area contributed by atoms with E-state index in [9.17, 15) is 10.1 Å². The first-order chi connectivity index (χ1) is 10.8. The fraction of sp³-hybridized carbons (Fsp3) is 0.235. The van der Waals surface area contributed by atoms with Crippen LogP contribution in [0.2, 0.25) is 0 Å². The number of aryl methyl sites for hydroxylation is 4. The van der Waals surface area contributed by atoms with Crippen molar-refractivity contribution in [3.63, 3.8) is 0 Å². The van der Waals surface area contributed by atoms with Crippen molar-refractivity contribution in [3.05, 3.63) is 62.7 Å². The van der Waals surface area contributed by atoms with Gasteiger partial charge >= 0.3 is 0 Å². The van der Waals surface area contributed by atoms with Gasteiger partial charge in [0.2, 0.25) is 0 Å². The lowest BCUT2D eigenvalue weighted by molar-refractivity contribution is -0.384. The van der Waals surface area contributed by atoms with Crippen LogP contribution in [-0.4, -0.2) is 10.0 Å². The minimum absolute atomic E-state index is 0.0122. The van der Waals surface area contributed by atoms with E-state index in [4.69, 9.17) is 12.2 Å². The van der Waals surface area contributed by atoms with Crippen LogP contribution < -0.4 is 10.6 Å². The summed E-state index contributed by atoms with van der Waals surface area (Å²) in [5.41, 5.74) is 5.28. The lowest BCUT2D eigenvalue weighted by Crippen LogP contribution is -2.20. The molecule has 2 aromatic carbocycles. The van der Waals surface area contributed by atoms with Crippen molar-refractivity contribution in [2.24, 2.45) is 0 Å². The van der Waals surface area contributed by atoms with E-state index in [1.165, 1.54) is 0 Å². The molecule has 0 saturated heterocycles. The van der Waals surface area contributed by atoms with Crippen LogP contribution in [0, 0.1) is 37.8 Å². The molecule has 2 rings (SSSR count). The lowest BCUT2D eigenvalue weighted by atomic mass is 10.1. The van der Waals surface area contributed by atoms with Gasteiger partial charge in [0.1, 0.15) is 5.69 Å². The van der Waals surface area contributed by atoms with Gasteiger partial charge in [0.15, 0.2) is 5.11 Å². The highest BCUT2D eigenvalue weighted by molar-refractivity contribution is 7.80. The molecule has 0 aliphatic heterocycles.